The van der Waals surface area contributed by atoms with E-state index >= 15 is 0 Å². The van der Waals surface area contributed by atoms with E-state index in [0.717, 1.165) is 11.0 Å². The van der Waals surface area contributed by atoms with E-state index < -0.39 is 0 Å². The molecule has 1 heterocycles. The smallest absolute Gasteiger partial charge is 0.233 e. The van der Waals surface area contributed by atoms with Crippen molar-refractivity contribution in [1.29, 1.82) is 0 Å². The predicted octanol–water partition coefficient (Wildman–Crippen LogP) is 1.48. The van der Waals surface area contributed by atoms with E-state index in [9.17, 15) is 0 Å². The molecule has 0 bridgehead atoms. The van der Waals surface area contributed by atoms with Crippen LogP contribution in [0.3, 0.4) is 0 Å². The molecule has 4 heteroatoms. The van der Waals surface area contributed by atoms with Gasteiger partial charge in [0, 0.05) is 6.61 Å². The lowest BCUT2D eigenvalue weighted by molar-refractivity contribution is -0.120. The molecule has 0 N–H and O–H groups in total. The summed E-state index contributed by atoms with van der Waals surface area (Å²) in [5.74, 6) is 0. The van der Waals surface area contributed by atoms with Crippen LogP contribution >= 0.6 is 15.9 Å². The topological polar surface area (TPSA) is 30.8 Å². The lowest BCUT2D eigenvalue weighted by Gasteiger charge is -2.05. The lowest BCUT2D eigenvalue weighted by Crippen LogP contribution is -2.10. The van der Waals surface area contributed by atoms with E-state index in [2.05, 4.69) is 21.1 Å². The number of rotatable bonds is 2. The third kappa shape index (κ3) is 1.95. The standard InChI is InChI=1S/C5H8BrNO2/c1-2-8-5-3-4(6)7-9-5/h5H,2-3H2,1H3. The molecule has 0 fully saturated rings. The van der Waals surface area contributed by atoms with Crippen molar-refractivity contribution in [3.63, 3.8) is 0 Å². The molecule has 0 aromatic heterocycles. The molecular formula is C5H8BrNO2. The molecular weight excluding hydrogens is 186 g/mol. The quantitative estimate of drug-likeness (QED) is 0.666. The van der Waals surface area contributed by atoms with Gasteiger partial charge < -0.3 is 9.57 Å². The van der Waals surface area contributed by atoms with Crippen LogP contribution in [0.25, 0.3) is 0 Å². The molecule has 52 valence electrons. The Hall–Kier alpha value is -0.0900. The summed E-state index contributed by atoms with van der Waals surface area (Å²) in [5.41, 5.74) is 0. The number of oxime groups is 1. The van der Waals surface area contributed by atoms with Gasteiger partial charge in [0.15, 0.2) is 0 Å². The van der Waals surface area contributed by atoms with E-state index in [4.69, 9.17) is 9.57 Å². The van der Waals surface area contributed by atoms with Gasteiger partial charge in [-0.05, 0) is 22.9 Å². The molecule has 1 aliphatic heterocycles. The Kier molecular flexibility index (Phi) is 2.48. The highest BCUT2D eigenvalue weighted by atomic mass is 79.9. The normalized spacial score (nSPS) is 25.6. The summed E-state index contributed by atoms with van der Waals surface area (Å²) in [6, 6.07) is 0. The van der Waals surface area contributed by atoms with Crippen molar-refractivity contribution < 1.29 is 9.57 Å². The Labute approximate surface area is 62.1 Å². The Morgan fingerprint density at radius 1 is 2.00 bits per heavy atom. The van der Waals surface area contributed by atoms with Gasteiger partial charge in [-0.2, -0.15) is 0 Å². The zero-order valence-electron chi connectivity index (χ0n) is 5.13. The first-order chi connectivity index (χ1) is 4.33. The molecule has 3 nitrogen and oxygen atoms in total. The second kappa shape index (κ2) is 3.17. The highest BCUT2D eigenvalue weighted by molar-refractivity contribution is 9.18. The number of halogens is 1. The molecule has 0 saturated heterocycles. The van der Waals surface area contributed by atoms with Crippen LogP contribution in [-0.4, -0.2) is 17.5 Å². The highest BCUT2D eigenvalue weighted by Crippen LogP contribution is 2.14. The van der Waals surface area contributed by atoms with Gasteiger partial charge >= 0.3 is 0 Å². The minimum absolute atomic E-state index is 0.163. The summed E-state index contributed by atoms with van der Waals surface area (Å²) in [4.78, 5) is 4.82. The van der Waals surface area contributed by atoms with Gasteiger partial charge in [0.1, 0.15) is 4.62 Å². The number of nitrogens with zero attached hydrogens (tertiary/aromatic N) is 1. The largest absolute Gasteiger partial charge is 0.362 e. The summed E-state index contributed by atoms with van der Waals surface area (Å²) in [6.45, 7) is 2.59. The fourth-order valence-electron chi connectivity index (χ4n) is 0.603. The maximum Gasteiger partial charge on any atom is 0.233 e. The molecule has 0 aromatic carbocycles. The van der Waals surface area contributed by atoms with Gasteiger partial charge in [-0.25, -0.2) is 0 Å². The van der Waals surface area contributed by atoms with E-state index in [0.29, 0.717) is 6.61 Å². The first-order valence-electron chi connectivity index (χ1n) is 2.82. The van der Waals surface area contributed by atoms with E-state index in [1.165, 1.54) is 0 Å². The highest BCUT2D eigenvalue weighted by Gasteiger charge is 2.18. The van der Waals surface area contributed by atoms with Crippen LogP contribution in [0.1, 0.15) is 13.3 Å². The summed E-state index contributed by atoms with van der Waals surface area (Å²) in [7, 11) is 0. The second-order valence-corrected chi connectivity index (χ2v) is 2.58. The zero-order valence-corrected chi connectivity index (χ0v) is 6.72. The van der Waals surface area contributed by atoms with Gasteiger partial charge in [0.05, 0.1) is 6.42 Å². The second-order valence-electron chi connectivity index (χ2n) is 1.66. The van der Waals surface area contributed by atoms with Crippen LogP contribution in [0.15, 0.2) is 5.16 Å². The molecule has 0 aliphatic carbocycles. The van der Waals surface area contributed by atoms with Crippen molar-refractivity contribution in [2.24, 2.45) is 5.16 Å². The average molecular weight is 194 g/mol. The van der Waals surface area contributed by atoms with Crippen LogP contribution in [-0.2, 0) is 9.57 Å². The van der Waals surface area contributed by atoms with Gasteiger partial charge in [0.25, 0.3) is 0 Å². The molecule has 0 aromatic rings. The average Bonchev–Trinajstić information content (AvgIpc) is 2.17. The third-order valence-corrected chi connectivity index (χ3v) is 1.43. The van der Waals surface area contributed by atoms with E-state index in [-0.39, 0.29) is 6.29 Å². The Bertz CT molecular complexity index is 126. The molecule has 1 aliphatic rings. The molecule has 1 atom stereocenters. The number of ether oxygens (including phenoxy) is 1. The predicted molar refractivity (Wildman–Crippen MR) is 37.5 cm³/mol. The van der Waals surface area contributed by atoms with Crippen molar-refractivity contribution >= 4 is 20.6 Å². The van der Waals surface area contributed by atoms with Crippen LogP contribution < -0.4 is 0 Å². The van der Waals surface area contributed by atoms with Crippen molar-refractivity contribution in [2.45, 2.75) is 19.6 Å². The summed E-state index contributed by atoms with van der Waals surface area (Å²) in [6.07, 6.45) is 0.567. The first kappa shape index (κ1) is 7.02. The minimum atomic E-state index is -0.163. The van der Waals surface area contributed by atoms with Crippen molar-refractivity contribution in [1.82, 2.24) is 0 Å². The van der Waals surface area contributed by atoms with Gasteiger partial charge in [-0.15, -0.1) is 0 Å². The maximum absolute atomic E-state index is 5.11. The van der Waals surface area contributed by atoms with Crippen molar-refractivity contribution in [2.75, 3.05) is 6.61 Å². The lowest BCUT2D eigenvalue weighted by atomic mass is 10.5. The Morgan fingerprint density at radius 2 is 2.78 bits per heavy atom. The fourth-order valence-corrected chi connectivity index (χ4v) is 0.951. The summed E-state index contributed by atoms with van der Waals surface area (Å²) in [5, 5.41) is 3.64. The summed E-state index contributed by atoms with van der Waals surface area (Å²) < 4.78 is 5.93. The molecule has 0 spiro atoms. The van der Waals surface area contributed by atoms with Gasteiger partial charge in [-0.3, -0.25) is 0 Å². The van der Waals surface area contributed by atoms with Crippen molar-refractivity contribution in [3.8, 4) is 0 Å². The number of hydrogen-bond acceptors (Lipinski definition) is 3. The van der Waals surface area contributed by atoms with Crippen LogP contribution in [0, 0.1) is 0 Å². The zero-order chi connectivity index (χ0) is 6.69. The van der Waals surface area contributed by atoms with Crippen LogP contribution in [0.2, 0.25) is 0 Å². The summed E-state index contributed by atoms with van der Waals surface area (Å²) >= 11 is 3.19. The molecule has 0 amide bonds. The van der Waals surface area contributed by atoms with Gasteiger partial charge in [-0.1, -0.05) is 5.16 Å². The Balaban J connectivity index is 2.21. The molecule has 0 radical (unpaired) electrons. The SMILES string of the molecule is CCOC1CC(Br)=NO1. The first-order valence-corrected chi connectivity index (χ1v) is 3.62. The monoisotopic (exact) mass is 193 g/mol. The number of hydrogen-bond donors (Lipinski definition) is 0. The molecule has 1 rings (SSSR count). The fraction of sp³-hybridized carbons (Fsp3) is 0.800. The third-order valence-electron chi connectivity index (χ3n) is 0.957. The van der Waals surface area contributed by atoms with Crippen LogP contribution in [0.4, 0.5) is 0 Å². The minimum Gasteiger partial charge on any atom is -0.362 e. The van der Waals surface area contributed by atoms with E-state index in [1.54, 1.807) is 0 Å². The molecule has 1 unspecified atom stereocenters. The van der Waals surface area contributed by atoms with E-state index in [1.807, 2.05) is 6.92 Å². The maximum atomic E-state index is 5.11. The van der Waals surface area contributed by atoms with Gasteiger partial charge in [0.2, 0.25) is 6.29 Å². The molecule has 0 saturated carbocycles. The Morgan fingerprint density at radius 3 is 3.22 bits per heavy atom. The molecule has 9 heavy (non-hydrogen) atoms. The van der Waals surface area contributed by atoms with Crippen LogP contribution in [0.5, 0.6) is 0 Å². The van der Waals surface area contributed by atoms with Crippen molar-refractivity contribution in [3.05, 3.63) is 0 Å².